The molecule has 0 saturated carbocycles. The Balaban J connectivity index is 2.04. The van der Waals surface area contributed by atoms with Gasteiger partial charge in [0.05, 0.1) is 11.7 Å². The molecule has 5 nitrogen and oxygen atoms in total. The average molecular weight is 248 g/mol. The minimum atomic E-state index is -0.0870. The highest BCUT2D eigenvalue weighted by Crippen LogP contribution is 2.19. The Hall–Kier alpha value is -1.62. The fourth-order valence-corrected chi connectivity index (χ4v) is 2.03. The fraction of sp³-hybridized carbons (Fsp3) is 0.538. The van der Waals surface area contributed by atoms with Gasteiger partial charge in [0.25, 0.3) is 0 Å². The van der Waals surface area contributed by atoms with Gasteiger partial charge in [-0.1, -0.05) is 6.07 Å². The van der Waals surface area contributed by atoms with Crippen molar-refractivity contribution in [1.82, 2.24) is 20.5 Å². The van der Waals surface area contributed by atoms with Gasteiger partial charge < -0.3 is 15.5 Å². The van der Waals surface area contributed by atoms with E-state index in [1.165, 1.54) is 0 Å². The van der Waals surface area contributed by atoms with Gasteiger partial charge in [0.2, 0.25) is 0 Å². The second-order valence-electron chi connectivity index (χ2n) is 5.27. The van der Waals surface area contributed by atoms with Crippen LogP contribution in [0.25, 0.3) is 0 Å². The number of amides is 2. The predicted octanol–water partition coefficient (Wildman–Crippen LogP) is 1.15. The van der Waals surface area contributed by atoms with Crippen LogP contribution in [-0.4, -0.2) is 41.6 Å². The summed E-state index contributed by atoms with van der Waals surface area (Å²) in [6.07, 6.45) is 1.75. The fourth-order valence-electron chi connectivity index (χ4n) is 2.03. The number of rotatable bonds is 4. The summed E-state index contributed by atoms with van der Waals surface area (Å²) in [5, 5.41) is 6.17. The van der Waals surface area contributed by atoms with Crippen molar-refractivity contribution in [2.24, 2.45) is 0 Å². The van der Waals surface area contributed by atoms with Crippen molar-refractivity contribution in [2.75, 3.05) is 20.1 Å². The number of carbonyl (C=O) groups is 1. The third-order valence-corrected chi connectivity index (χ3v) is 3.30. The zero-order valence-corrected chi connectivity index (χ0v) is 11.1. The molecular formula is C13H20N4O. The van der Waals surface area contributed by atoms with Gasteiger partial charge in [0.1, 0.15) is 0 Å². The smallest absolute Gasteiger partial charge is 0.318 e. The number of carbonyl (C=O) groups excluding carboxylic acids is 1. The van der Waals surface area contributed by atoms with Crippen molar-refractivity contribution in [3.63, 3.8) is 0 Å². The van der Waals surface area contributed by atoms with Gasteiger partial charge in [0.15, 0.2) is 0 Å². The van der Waals surface area contributed by atoms with Gasteiger partial charge >= 0.3 is 6.03 Å². The second kappa shape index (κ2) is 4.94. The Morgan fingerprint density at radius 3 is 2.94 bits per heavy atom. The minimum Gasteiger partial charge on any atom is -0.328 e. The van der Waals surface area contributed by atoms with Crippen molar-refractivity contribution in [2.45, 2.75) is 25.4 Å². The Bertz CT molecular complexity index is 418. The van der Waals surface area contributed by atoms with E-state index in [0.29, 0.717) is 13.1 Å². The van der Waals surface area contributed by atoms with Gasteiger partial charge in [-0.15, -0.1) is 0 Å². The Morgan fingerprint density at radius 1 is 1.56 bits per heavy atom. The van der Waals surface area contributed by atoms with Crippen LogP contribution >= 0.6 is 0 Å². The molecule has 18 heavy (non-hydrogen) atoms. The highest BCUT2D eigenvalue weighted by atomic mass is 16.2. The number of pyridine rings is 1. The van der Waals surface area contributed by atoms with Gasteiger partial charge in [-0.05, 0) is 33.0 Å². The standard InChI is InChI=1S/C13H20N4O/c1-13(2,14-3)9-17-8-11(16-12(17)18)10-6-4-5-7-15-10/h4-7,11,14H,8-9H2,1-3H3,(H,16,18). The van der Waals surface area contributed by atoms with E-state index >= 15 is 0 Å². The molecule has 1 atom stereocenters. The summed E-state index contributed by atoms with van der Waals surface area (Å²) in [6.45, 7) is 5.50. The number of nitrogens with zero attached hydrogens (tertiary/aromatic N) is 2. The quantitative estimate of drug-likeness (QED) is 0.840. The van der Waals surface area contributed by atoms with Crippen LogP contribution < -0.4 is 10.6 Å². The zero-order chi connectivity index (χ0) is 13.2. The molecule has 98 valence electrons. The predicted molar refractivity (Wildman–Crippen MR) is 70.2 cm³/mol. The van der Waals surface area contributed by atoms with E-state index in [1.807, 2.05) is 30.1 Å². The van der Waals surface area contributed by atoms with Crippen molar-refractivity contribution in [1.29, 1.82) is 0 Å². The largest absolute Gasteiger partial charge is 0.328 e. The molecule has 0 aliphatic carbocycles. The van der Waals surface area contributed by atoms with Crippen LogP contribution in [0.1, 0.15) is 25.6 Å². The summed E-state index contributed by atoms with van der Waals surface area (Å²) in [6, 6.07) is 5.73. The molecule has 1 unspecified atom stereocenters. The van der Waals surface area contributed by atoms with E-state index in [-0.39, 0.29) is 17.6 Å². The maximum Gasteiger partial charge on any atom is 0.318 e. The molecule has 0 radical (unpaired) electrons. The first-order valence-electron chi connectivity index (χ1n) is 6.17. The summed E-state index contributed by atoms with van der Waals surface area (Å²) in [5.41, 5.74) is 0.826. The number of nitrogens with one attached hydrogen (secondary N) is 2. The first kappa shape index (κ1) is 12.8. The van der Waals surface area contributed by atoms with Crippen LogP contribution in [0.4, 0.5) is 4.79 Å². The van der Waals surface area contributed by atoms with Crippen LogP contribution in [-0.2, 0) is 0 Å². The Labute approximate surface area is 108 Å². The summed E-state index contributed by atoms with van der Waals surface area (Å²) in [7, 11) is 1.91. The Morgan fingerprint density at radius 2 is 2.33 bits per heavy atom. The molecule has 0 spiro atoms. The van der Waals surface area contributed by atoms with Gasteiger partial charge in [-0.3, -0.25) is 4.98 Å². The molecule has 0 bridgehead atoms. The monoisotopic (exact) mass is 248 g/mol. The normalized spacial score (nSPS) is 20.1. The number of aromatic nitrogens is 1. The van der Waals surface area contributed by atoms with Gasteiger partial charge in [-0.2, -0.15) is 0 Å². The van der Waals surface area contributed by atoms with Crippen LogP contribution in [0.3, 0.4) is 0 Å². The second-order valence-corrected chi connectivity index (χ2v) is 5.27. The third-order valence-electron chi connectivity index (χ3n) is 3.30. The van der Waals surface area contributed by atoms with Crippen molar-refractivity contribution in [3.05, 3.63) is 30.1 Å². The molecule has 2 heterocycles. The molecule has 2 N–H and O–H groups in total. The lowest BCUT2D eigenvalue weighted by Gasteiger charge is -2.29. The van der Waals surface area contributed by atoms with Crippen molar-refractivity contribution < 1.29 is 4.79 Å². The van der Waals surface area contributed by atoms with E-state index < -0.39 is 0 Å². The molecule has 2 rings (SSSR count). The van der Waals surface area contributed by atoms with E-state index in [2.05, 4.69) is 29.5 Å². The zero-order valence-electron chi connectivity index (χ0n) is 11.1. The molecule has 0 aromatic carbocycles. The lowest BCUT2D eigenvalue weighted by atomic mass is 10.1. The van der Waals surface area contributed by atoms with Crippen LogP contribution in [0.15, 0.2) is 24.4 Å². The minimum absolute atomic E-state index is 0.00800. The highest BCUT2D eigenvalue weighted by Gasteiger charge is 2.33. The SMILES string of the molecule is CNC(C)(C)CN1CC(c2ccccn2)NC1=O. The maximum atomic E-state index is 11.9. The maximum absolute atomic E-state index is 11.9. The lowest BCUT2D eigenvalue weighted by molar-refractivity contribution is 0.201. The molecule has 5 heteroatoms. The van der Waals surface area contributed by atoms with Gasteiger partial charge in [-0.25, -0.2) is 4.79 Å². The first-order valence-corrected chi connectivity index (χ1v) is 6.17. The average Bonchev–Trinajstić information content (AvgIpc) is 2.72. The summed E-state index contributed by atoms with van der Waals surface area (Å²) in [4.78, 5) is 18.0. The molecule has 1 fully saturated rings. The number of likely N-dealkylation sites (N-methyl/N-ethyl adjacent to an activating group) is 1. The number of hydrogen-bond donors (Lipinski definition) is 2. The molecule has 1 aliphatic heterocycles. The van der Waals surface area contributed by atoms with Crippen LogP contribution in [0.5, 0.6) is 0 Å². The van der Waals surface area contributed by atoms with E-state index in [0.717, 1.165) is 5.69 Å². The van der Waals surface area contributed by atoms with E-state index in [4.69, 9.17) is 0 Å². The molecule has 1 aromatic rings. The number of hydrogen-bond acceptors (Lipinski definition) is 3. The van der Waals surface area contributed by atoms with E-state index in [1.54, 1.807) is 6.20 Å². The summed E-state index contributed by atoms with van der Waals surface area (Å²) in [5.74, 6) is 0. The molecule has 1 aliphatic rings. The van der Waals surface area contributed by atoms with Gasteiger partial charge in [0, 0.05) is 24.8 Å². The third kappa shape index (κ3) is 2.79. The highest BCUT2D eigenvalue weighted by molar-refractivity contribution is 5.77. The summed E-state index contributed by atoms with van der Waals surface area (Å²) < 4.78 is 0. The van der Waals surface area contributed by atoms with E-state index in [9.17, 15) is 4.79 Å². The number of urea groups is 1. The molecule has 2 amide bonds. The van der Waals surface area contributed by atoms with Crippen molar-refractivity contribution >= 4 is 6.03 Å². The Kier molecular flexibility index (Phi) is 3.52. The molecule has 1 aromatic heterocycles. The van der Waals surface area contributed by atoms with Crippen LogP contribution in [0.2, 0.25) is 0 Å². The summed E-state index contributed by atoms with van der Waals surface area (Å²) >= 11 is 0. The topological polar surface area (TPSA) is 57.3 Å². The van der Waals surface area contributed by atoms with Crippen LogP contribution in [0, 0.1) is 0 Å². The molecule has 1 saturated heterocycles. The first-order chi connectivity index (χ1) is 8.52. The van der Waals surface area contributed by atoms with Crippen molar-refractivity contribution in [3.8, 4) is 0 Å². The molecular weight excluding hydrogens is 228 g/mol. The lowest BCUT2D eigenvalue weighted by Crippen LogP contribution is -2.48.